The quantitative estimate of drug-likeness (QED) is 0.699. The van der Waals surface area contributed by atoms with Gasteiger partial charge in [-0.1, -0.05) is 20.8 Å². The number of Topliss-reactive ketones (excluding diaryl/α,β-unsaturated/α-hetero) is 1. The summed E-state index contributed by atoms with van der Waals surface area (Å²) in [6.45, 7) is 7.12. The number of hydrogen-bond acceptors (Lipinski definition) is 1. The first-order valence-electron chi connectivity index (χ1n) is 5.19. The maximum Gasteiger partial charge on any atom is 0.166 e. The van der Waals surface area contributed by atoms with Gasteiger partial charge in [0.25, 0.3) is 0 Å². The fourth-order valence-corrected chi connectivity index (χ4v) is 1.44. The van der Waals surface area contributed by atoms with E-state index in [1.165, 1.54) is 6.92 Å². The van der Waals surface area contributed by atoms with Crippen molar-refractivity contribution in [1.29, 1.82) is 0 Å². The number of rotatable bonds is 2. The fourth-order valence-electron chi connectivity index (χ4n) is 1.44. The van der Waals surface area contributed by atoms with Crippen molar-refractivity contribution < 1.29 is 13.6 Å². The lowest BCUT2D eigenvalue weighted by Crippen LogP contribution is -2.14. The molecule has 0 amide bonds. The van der Waals surface area contributed by atoms with E-state index in [0.29, 0.717) is 0 Å². The molecular formula is C13H16F2O. The molecule has 0 aliphatic heterocycles. The topological polar surface area (TPSA) is 17.1 Å². The molecule has 0 bridgehead atoms. The Bertz CT molecular complexity index is 417. The lowest BCUT2D eigenvalue weighted by Gasteiger charge is -2.17. The molecule has 0 fully saturated rings. The molecule has 3 heteroatoms. The summed E-state index contributed by atoms with van der Waals surface area (Å²) in [4.78, 5) is 11.7. The Morgan fingerprint density at radius 1 is 1.19 bits per heavy atom. The van der Waals surface area contributed by atoms with Crippen LogP contribution in [-0.4, -0.2) is 5.78 Å². The summed E-state index contributed by atoms with van der Waals surface area (Å²) in [5.41, 5.74) is -0.173. The molecule has 0 unspecified atom stereocenters. The second-order valence-corrected chi connectivity index (χ2v) is 5.24. The molecule has 0 N–H and O–H groups in total. The van der Waals surface area contributed by atoms with E-state index in [0.717, 1.165) is 12.1 Å². The molecule has 88 valence electrons. The van der Waals surface area contributed by atoms with Gasteiger partial charge in [0.05, 0.1) is 5.56 Å². The maximum atomic E-state index is 13.5. The van der Waals surface area contributed by atoms with Crippen LogP contribution in [0.1, 0.15) is 43.1 Å². The Labute approximate surface area is 94.5 Å². The van der Waals surface area contributed by atoms with E-state index < -0.39 is 11.6 Å². The van der Waals surface area contributed by atoms with Crippen LogP contribution in [0.4, 0.5) is 8.78 Å². The fraction of sp³-hybridized carbons (Fsp3) is 0.462. The standard InChI is InChI=1S/C13H16F2O/c1-8-5-11(15)9(6-10(8)14)12(16)7-13(2,3)4/h5-6H,7H2,1-4H3. The van der Waals surface area contributed by atoms with E-state index >= 15 is 0 Å². The van der Waals surface area contributed by atoms with E-state index in [9.17, 15) is 13.6 Å². The van der Waals surface area contributed by atoms with Gasteiger partial charge in [-0.25, -0.2) is 8.78 Å². The molecule has 0 saturated carbocycles. The molecule has 0 aliphatic rings. The first-order valence-corrected chi connectivity index (χ1v) is 5.19. The zero-order valence-corrected chi connectivity index (χ0v) is 10.0. The zero-order valence-electron chi connectivity index (χ0n) is 10.0. The molecule has 0 aliphatic carbocycles. The van der Waals surface area contributed by atoms with Crippen LogP contribution in [0.15, 0.2) is 12.1 Å². The molecule has 1 aromatic carbocycles. The molecule has 1 nitrogen and oxygen atoms in total. The predicted molar refractivity (Wildman–Crippen MR) is 59.5 cm³/mol. The molecule has 0 radical (unpaired) electrons. The molecule has 0 aromatic heterocycles. The van der Waals surface area contributed by atoms with Gasteiger partial charge in [0, 0.05) is 6.42 Å². The van der Waals surface area contributed by atoms with Crippen LogP contribution < -0.4 is 0 Å². The number of ketones is 1. The van der Waals surface area contributed by atoms with E-state index in [1.54, 1.807) is 0 Å². The van der Waals surface area contributed by atoms with Crippen LogP contribution in [0.5, 0.6) is 0 Å². The zero-order chi connectivity index (χ0) is 12.5. The number of halogens is 2. The Morgan fingerprint density at radius 2 is 1.75 bits per heavy atom. The minimum Gasteiger partial charge on any atom is -0.294 e. The SMILES string of the molecule is Cc1cc(F)c(C(=O)CC(C)(C)C)cc1F. The van der Waals surface area contributed by atoms with Crippen LogP contribution in [0.2, 0.25) is 0 Å². The minimum absolute atomic E-state index is 0.155. The highest BCUT2D eigenvalue weighted by Gasteiger charge is 2.20. The Hall–Kier alpha value is -1.25. The van der Waals surface area contributed by atoms with E-state index in [4.69, 9.17) is 0 Å². The molecule has 0 heterocycles. The summed E-state index contributed by atoms with van der Waals surface area (Å²) in [7, 11) is 0. The van der Waals surface area contributed by atoms with Gasteiger partial charge in [-0.05, 0) is 30.0 Å². The monoisotopic (exact) mass is 226 g/mol. The Kier molecular flexibility index (Phi) is 3.46. The molecule has 0 spiro atoms. The van der Waals surface area contributed by atoms with Crippen LogP contribution in [0, 0.1) is 24.0 Å². The van der Waals surface area contributed by atoms with Crippen LogP contribution in [0.25, 0.3) is 0 Å². The van der Waals surface area contributed by atoms with Crippen molar-refractivity contribution in [2.75, 3.05) is 0 Å². The molecule has 1 aromatic rings. The van der Waals surface area contributed by atoms with E-state index in [2.05, 4.69) is 0 Å². The Balaban J connectivity index is 3.05. The molecular weight excluding hydrogens is 210 g/mol. The summed E-state index contributed by atoms with van der Waals surface area (Å²) in [6, 6.07) is 2.05. The molecule has 1 rings (SSSR count). The molecule has 0 atom stereocenters. The van der Waals surface area contributed by atoms with Gasteiger partial charge < -0.3 is 0 Å². The lowest BCUT2D eigenvalue weighted by atomic mass is 9.87. The average Bonchev–Trinajstić information content (AvgIpc) is 2.08. The highest BCUT2D eigenvalue weighted by Crippen LogP contribution is 2.23. The third-order valence-electron chi connectivity index (χ3n) is 2.24. The van der Waals surface area contributed by atoms with Crippen molar-refractivity contribution in [3.63, 3.8) is 0 Å². The summed E-state index contributed by atoms with van der Waals surface area (Å²) < 4.78 is 26.7. The number of aryl methyl sites for hydroxylation is 1. The van der Waals surface area contributed by atoms with Gasteiger partial charge in [0.2, 0.25) is 0 Å². The number of hydrogen-bond donors (Lipinski definition) is 0. The number of carbonyl (C=O) groups excluding carboxylic acids is 1. The van der Waals surface area contributed by atoms with Crippen LogP contribution in [0.3, 0.4) is 0 Å². The van der Waals surface area contributed by atoms with Gasteiger partial charge in [0.1, 0.15) is 11.6 Å². The minimum atomic E-state index is -0.645. The van der Waals surface area contributed by atoms with Crippen molar-refractivity contribution in [3.05, 3.63) is 34.9 Å². The lowest BCUT2D eigenvalue weighted by molar-refractivity contribution is 0.0935. The normalized spacial score (nSPS) is 11.6. The largest absolute Gasteiger partial charge is 0.294 e. The first kappa shape index (κ1) is 12.8. The third-order valence-corrected chi connectivity index (χ3v) is 2.24. The average molecular weight is 226 g/mol. The van der Waals surface area contributed by atoms with Gasteiger partial charge >= 0.3 is 0 Å². The van der Waals surface area contributed by atoms with Crippen molar-refractivity contribution in [1.82, 2.24) is 0 Å². The summed E-state index contributed by atoms with van der Waals surface area (Å²) in [5.74, 6) is -1.55. The van der Waals surface area contributed by atoms with Crippen molar-refractivity contribution in [3.8, 4) is 0 Å². The second kappa shape index (κ2) is 4.32. The summed E-state index contributed by atoms with van der Waals surface area (Å²) in [6.07, 6.45) is 0.201. The number of benzene rings is 1. The summed E-state index contributed by atoms with van der Waals surface area (Å²) >= 11 is 0. The van der Waals surface area contributed by atoms with Crippen LogP contribution >= 0.6 is 0 Å². The van der Waals surface area contributed by atoms with Crippen molar-refractivity contribution in [2.45, 2.75) is 34.1 Å². The molecule has 0 saturated heterocycles. The highest BCUT2D eigenvalue weighted by atomic mass is 19.1. The van der Waals surface area contributed by atoms with E-state index in [1.807, 2.05) is 20.8 Å². The third kappa shape index (κ3) is 3.12. The predicted octanol–water partition coefficient (Wildman–Crippen LogP) is 3.89. The van der Waals surface area contributed by atoms with E-state index in [-0.39, 0.29) is 28.7 Å². The first-order chi connectivity index (χ1) is 7.20. The summed E-state index contributed by atoms with van der Waals surface area (Å²) in [5, 5.41) is 0. The van der Waals surface area contributed by atoms with Gasteiger partial charge in [-0.2, -0.15) is 0 Å². The van der Waals surface area contributed by atoms with Crippen LogP contribution in [-0.2, 0) is 0 Å². The second-order valence-electron chi connectivity index (χ2n) is 5.24. The van der Waals surface area contributed by atoms with Crippen molar-refractivity contribution in [2.24, 2.45) is 5.41 Å². The maximum absolute atomic E-state index is 13.5. The molecule has 16 heavy (non-hydrogen) atoms. The van der Waals surface area contributed by atoms with Gasteiger partial charge in [-0.3, -0.25) is 4.79 Å². The van der Waals surface area contributed by atoms with Gasteiger partial charge in [0.15, 0.2) is 5.78 Å². The smallest absolute Gasteiger partial charge is 0.166 e. The van der Waals surface area contributed by atoms with Crippen molar-refractivity contribution >= 4 is 5.78 Å². The number of carbonyl (C=O) groups is 1. The highest BCUT2D eigenvalue weighted by molar-refractivity contribution is 5.96. The van der Waals surface area contributed by atoms with Gasteiger partial charge in [-0.15, -0.1) is 0 Å². The Morgan fingerprint density at radius 3 is 2.25 bits per heavy atom.